The molecular weight excluding hydrogens is 372 g/mol. The van der Waals surface area contributed by atoms with E-state index in [-0.39, 0.29) is 21.2 Å². The van der Waals surface area contributed by atoms with Crippen molar-refractivity contribution < 1.29 is 18.0 Å². The van der Waals surface area contributed by atoms with E-state index >= 15 is 0 Å². The molecular formula is C18H20N2O4S2. The van der Waals surface area contributed by atoms with Crippen molar-refractivity contribution in [3.05, 3.63) is 45.8 Å². The Balaban J connectivity index is 1.97. The average Bonchev–Trinajstić information content (AvgIpc) is 2.91. The molecule has 1 aromatic heterocycles. The summed E-state index contributed by atoms with van der Waals surface area (Å²) in [5.74, 6) is -0.273. The van der Waals surface area contributed by atoms with Crippen molar-refractivity contribution in [2.45, 2.75) is 38.0 Å². The lowest BCUT2D eigenvalue weighted by molar-refractivity contribution is 0.0996. The molecule has 1 aliphatic rings. The standard InChI is InChI=1S/C18H20N2O4S2/c1-10-3-8-14-15(9-10)25-18(16(14)17(19)22)20-26(23,24)13-6-4-12(5-7-13)11(2)21/h4-7,10,20H,3,8-9H2,1-2H3,(H2,19,22)/t10-/m0/s1. The van der Waals surface area contributed by atoms with Gasteiger partial charge in [0.2, 0.25) is 0 Å². The van der Waals surface area contributed by atoms with Gasteiger partial charge < -0.3 is 5.73 Å². The number of hydrogen-bond acceptors (Lipinski definition) is 5. The van der Waals surface area contributed by atoms with Crippen LogP contribution in [0.15, 0.2) is 29.2 Å². The minimum atomic E-state index is -3.88. The smallest absolute Gasteiger partial charge is 0.262 e. The summed E-state index contributed by atoms with van der Waals surface area (Å²) in [5, 5.41) is 0.271. The number of primary amides is 1. The molecule has 0 spiro atoms. The molecule has 0 saturated carbocycles. The molecule has 6 nitrogen and oxygen atoms in total. The third-order valence-corrected chi connectivity index (χ3v) is 7.22. The Labute approximate surface area is 156 Å². The number of sulfonamides is 1. The Morgan fingerprint density at radius 1 is 1.23 bits per heavy atom. The highest BCUT2D eigenvalue weighted by atomic mass is 32.2. The summed E-state index contributed by atoms with van der Waals surface area (Å²) in [7, 11) is -3.88. The Morgan fingerprint density at radius 2 is 1.88 bits per heavy atom. The van der Waals surface area contributed by atoms with Crippen LogP contribution in [0.25, 0.3) is 0 Å². The minimum absolute atomic E-state index is 0.0256. The number of thiophene rings is 1. The number of nitrogens with one attached hydrogen (secondary N) is 1. The third-order valence-electron chi connectivity index (χ3n) is 4.56. The molecule has 8 heteroatoms. The Kier molecular flexibility index (Phi) is 4.90. The van der Waals surface area contributed by atoms with Gasteiger partial charge in [-0.25, -0.2) is 8.42 Å². The van der Waals surface area contributed by atoms with Crippen molar-refractivity contribution in [1.82, 2.24) is 0 Å². The molecule has 1 amide bonds. The summed E-state index contributed by atoms with van der Waals surface area (Å²) < 4.78 is 27.9. The van der Waals surface area contributed by atoms with Crippen LogP contribution in [0.1, 0.15) is 51.4 Å². The Hall–Kier alpha value is -2.19. The number of Topliss-reactive ketones (excluding diaryl/α,β-unsaturated/α-hetero) is 1. The van der Waals surface area contributed by atoms with Crippen LogP contribution in [0.3, 0.4) is 0 Å². The van der Waals surface area contributed by atoms with Crippen molar-refractivity contribution >= 4 is 38.1 Å². The van der Waals surface area contributed by atoms with E-state index in [0.717, 1.165) is 29.7 Å². The molecule has 1 atom stereocenters. The number of benzene rings is 1. The average molecular weight is 393 g/mol. The summed E-state index contributed by atoms with van der Waals surface area (Å²) in [5.41, 5.74) is 7.10. The number of nitrogens with two attached hydrogens (primary N) is 1. The zero-order chi connectivity index (χ0) is 19.1. The third kappa shape index (κ3) is 3.52. The normalized spacial score (nSPS) is 16.8. The predicted octanol–water partition coefficient (Wildman–Crippen LogP) is 2.98. The highest BCUT2D eigenvalue weighted by molar-refractivity contribution is 7.93. The Morgan fingerprint density at radius 3 is 2.46 bits per heavy atom. The molecule has 1 aromatic carbocycles. The number of carbonyl (C=O) groups excluding carboxylic acids is 2. The summed E-state index contributed by atoms with van der Waals surface area (Å²) >= 11 is 1.28. The number of ketones is 1. The molecule has 138 valence electrons. The second kappa shape index (κ2) is 6.85. The first kappa shape index (κ1) is 18.6. The number of fused-ring (bicyclic) bond motifs is 1. The van der Waals surface area contributed by atoms with Crippen LogP contribution in [-0.2, 0) is 22.9 Å². The molecule has 0 fully saturated rings. The van der Waals surface area contributed by atoms with Crippen LogP contribution in [-0.4, -0.2) is 20.1 Å². The van der Waals surface area contributed by atoms with Crippen LogP contribution < -0.4 is 10.5 Å². The fourth-order valence-electron chi connectivity index (χ4n) is 3.13. The van der Waals surface area contributed by atoms with Crippen LogP contribution >= 0.6 is 11.3 Å². The van der Waals surface area contributed by atoms with Gasteiger partial charge in [-0.2, -0.15) is 0 Å². The summed E-state index contributed by atoms with van der Waals surface area (Å²) in [6.07, 6.45) is 2.48. The van der Waals surface area contributed by atoms with Gasteiger partial charge in [-0.1, -0.05) is 19.1 Å². The van der Waals surface area contributed by atoms with Crippen molar-refractivity contribution in [1.29, 1.82) is 0 Å². The van der Waals surface area contributed by atoms with E-state index in [2.05, 4.69) is 11.6 Å². The summed E-state index contributed by atoms with van der Waals surface area (Å²) in [6.45, 7) is 3.55. The highest BCUT2D eigenvalue weighted by Crippen LogP contribution is 2.40. The van der Waals surface area contributed by atoms with E-state index < -0.39 is 15.9 Å². The maximum absolute atomic E-state index is 12.7. The minimum Gasteiger partial charge on any atom is -0.365 e. The molecule has 0 aliphatic heterocycles. The van der Waals surface area contributed by atoms with Gasteiger partial charge in [-0.3, -0.25) is 14.3 Å². The second-order valence-corrected chi connectivity index (χ2v) is 9.39. The largest absolute Gasteiger partial charge is 0.365 e. The highest BCUT2D eigenvalue weighted by Gasteiger charge is 2.28. The molecule has 0 saturated heterocycles. The number of anilines is 1. The van der Waals surface area contributed by atoms with Crippen molar-refractivity contribution in [3.63, 3.8) is 0 Å². The zero-order valence-electron chi connectivity index (χ0n) is 14.5. The lowest BCUT2D eigenvalue weighted by Gasteiger charge is -2.18. The van der Waals surface area contributed by atoms with Crippen molar-refractivity contribution in [2.75, 3.05) is 4.72 Å². The van der Waals surface area contributed by atoms with E-state index in [1.807, 2.05) is 0 Å². The Bertz CT molecular complexity index is 975. The van der Waals surface area contributed by atoms with Crippen molar-refractivity contribution in [2.24, 2.45) is 11.7 Å². The molecule has 1 heterocycles. The first-order chi connectivity index (χ1) is 12.2. The van der Waals surface area contributed by atoms with E-state index in [9.17, 15) is 18.0 Å². The topological polar surface area (TPSA) is 106 Å². The fourth-order valence-corrected chi connectivity index (χ4v) is 5.85. The van der Waals surface area contributed by atoms with Crippen molar-refractivity contribution in [3.8, 4) is 0 Å². The first-order valence-corrected chi connectivity index (χ1v) is 10.6. The maximum atomic E-state index is 12.7. The van der Waals surface area contributed by atoms with E-state index in [0.29, 0.717) is 11.5 Å². The van der Waals surface area contributed by atoms with Gasteiger partial charge in [0.25, 0.3) is 15.9 Å². The number of amides is 1. The lowest BCUT2D eigenvalue weighted by atomic mass is 9.88. The van der Waals surface area contributed by atoms with Crippen LogP contribution in [0, 0.1) is 5.92 Å². The lowest BCUT2D eigenvalue weighted by Crippen LogP contribution is -2.19. The summed E-state index contributed by atoms with van der Waals surface area (Å²) in [6, 6.07) is 5.68. The molecule has 3 rings (SSSR count). The monoisotopic (exact) mass is 392 g/mol. The van der Waals surface area contributed by atoms with Gasteiger partial charge in [0.05, 0.1) is 10.5 Å². The molecule has 2 aromatic rings. The van der Waals surface area contributed by atoms with Gasteiger partial charge >= 0.3 is 0 Å². The molecule has 1 aliphatic carbocycles. The molecule has 0 bridgehead atoms. The number of rotatable bonds is 5. The molecule has 0 radical (unpaired) electrons. The van der Waals surface area contributed by atoms with E-state index in [1.54, 1.807) is 0 Å². The fraction of sp³-hybridized carbons (Fsp3) is 0.333. The van der Waals surface area contributed by atoms with Gasteiger partial charge in [0.15, 0.2) is 5.78 Å². The SMILES string of the molecule is CC(=O)c1ccc(S(=O)(=O)Nc2sc3c(c2C(N)=O)CC[C@H](C)C3)cc1. The first-order valence-electron chi connectivity index (χ1n) is 8.27. The quantitative estimate of drug-likeness (QED) is 0.763. The molecule has 3 N–H and O–H groups in total. The van der Waals surface area contributed by atoms with Crippen LogP contribution in [0.4, 0.5) is 5.00 Å². The van der Waals surface area contributed by atoms with Gasteiger partial charge in [-0.15, -0.1) is 11.3 Å². The van der Waals surface area contributed by atoms with E-state index in [1.165, 1.54) is 42.5 Å². The van der Waals surface area contributed by atoms with Gasteiger partial charge in [-0.05, 0) is 49.8 Å². The maximum Gasteiger partial charge on any atom is 0.262 e. The summed E-state index contributed by atoms with van der Waals surface area (Å²) in [4.78, 5) is 24.3. The molecule has 0 unspecified atom stereocenters. The van der Waals surface area contributed by atoms with Gasteiger partial charge in [0, 0.05) is 10.4 Å². The van der Waals surface area contributed by atoms with Gasteiger partial charge in [0.1, 0.15) is 5.00 Å². The van der Waals surface area contributed by atoms with Crippen LogP contribution in [0.2, 0.25) is 0 Å². The molecule has 26 heavy (non-hydrogen) atoms. The van der Waals surface area contributed by atoms with Crippen LogP contribution in [0.5, 0.6) is 0 Å². The van der Waals surface area contributed by atoms with E-state index in [4.69, 9.17) is 5.73 Å². The predicted molar refractivity (Wildman–Crippen MR) is 101 cm³/mol. The zero-order valence-corrected chi connectivity index (χ0v) is 16.2. The number of carbonyl (C=O) groups is 2. The number of hydrogen-bond donors (Lipinski definition) is 2. The second-order valence-electron chi connectivity index (χ2n) is 6.61.